The highest BCUT2D eigenvalue weighted by atomic mass is 16.5. The van der Waals surface area contributed by atoms with Crippen LogP contribution in [0.15, 0.2) is 0 Å². The van der Waals surface area contributed by atoms with Gasteiger partial charge in [0.2, 0.25) is 0 Å². The number of esters is 1. The molecule has 0 bridgehead atoms. The zero-order valence-corrected chi connectivity index (χ0v) is 12.0. The van der Waals surface area contributed by atoms with Gasteiger partial charge >= 0.3 is 5.97 Å². The number of carbonyl (C=O) groups excluding carboxylic acids is 1. The molecular weight excluding hydrogens is 242 g/mol. The predicted octanol–water partition coefficient (Wildman–Crippen LogP) is 2.54. The van der Waals surface area contributed by atoms with E-state index in [1.54, 1.807) is 7.11 Å². The van der Waals surface area contributed by atoms with Crippen molar-refractivity contribution >= 4 is 5.97 Å². The van der Waals surface area contributed by atoms with Gasteiger partial charge in [-0.1, -0.05) is 25.7 Å². The average Bonchev–Trinajstić information content (AvgIpc) is 2.65. The maximum absolute atomic E-state index is 12.3. The lowest BCUT2D eigenvalue weighted by Gasteiger charge is -2.32. The van der Waals surface area contributed by atoms with E-state index in [9.17, 15) is 4.79 Å². The highest BCUT2D eigenvalue weighted by Crippen LogP contribution is 2.29. The normalized spacial score (nSPS) is 31.5. The Morgan fingerprint density at radius 2 is 1.68 bits per heavy atom. The average molecular weight is 269 g/mol. The van der Waals surface area contributed by atoms with Crippen LogP contribution in [0, 0.1) is 0 Å². The first-order valence-corrected chi connectivity index (χ1v) is 7.67. The van der Waals surface area contributed by atoms with Crippen LogP contribution in [-0.2, 0) is 14.3 Å². The van der Waals surface area contributed by atoms with Gasteiger partial charge in [0, 0.05) is 13.5 Å². The number of hydrogen-bond donors (Lipinski definition) is 1. The van der Waals surface area contributed by atoms with Gasteiger partial charge in [-0.05, 0) is 32.1 Å². The molecule has 2 unspecified atom stereocenters. The van der Waals surface area contributed by atoms with E-state index in [4.69, 9.17) is 15.2 Å². The van der Waals surface area contributed by atoms with Crippen molar-refractivity contribution in [1.82, 2.24) is 0 Å². The van der Waals surface area contributed by atoms with E-state index < -0.39 is 5.54 Å². The van der Waals surface area contributed by atoms with E-state index in [0.717, 1.165) is 51.4 Å². The molecule has 0 aromatic heterocycles. The molecule has 110 valence electrons. The van der Waals surface area contributed by atoms with Crippen molar-refractivity contribution in [2.24, 2.45) is 5.73 Å². The van der Waals surface area contributed by atoms with Crippen LogP contribution in [-0.4, -0.2) is 30.8 Å². The summed E-state index contributed by atoms with van der Waals surface area (Å²) in [6, 6.07) is 0. The lowest BCUT2D eigenvalue weighted by molar-refractivity contribution is -0.160. The maximum atomic E-state index is 12.3. The minimum absolute atomic E-state index is 0.00474. The van der Waals surface area contributed by atoms with Crippen molar-refractivity contribution in [1.29, 1.82) is 0 Å². The van der Waals surface area contributed by atoms with Crippen molar-refractivity contribution in [2.75, 3.05) is 7.11 Å². The van der Waals surface area contributed by atoms with Crippen molar-refractivity contribution in [3.63, 3.8) is 0 Å². The van der Waals surface area contributed by atoms with Gasteiger partial charge in [0.25, 0.3) is 0 Å². The second-order valence-corrected chi connectivity index (χ2v) is 6.12. The molecule has 0 aromatic rings. The third-order valence-electron chi connectivity index (χ3n) is 4.59. The summed E-state index contributed by atoms with van der Waals surface area (Å²) < 4.78 is 11.0. The number of methoxy groups -OCH3 is 1. The van der Waals surface area contributed by atoms with Crippen LogP contribution in [0.5, 0.6) is 0 Å². The summed E-state index contributed by atoms with van der Waals surface area (Å²) in [7, 11) is 1.73. The smallest absolute Gasteiger partial charge is 0.326 e. The van der Waals surface area contributed by atoms with Gasteiger partial charge < -0.3 is 15.2 Å². The van der Waals surface area contributed by atoms with Gasteiger partial charge in [0.05, 0.1) is 6.10 Å². The van der Waals surface area contributed by atoms with Crippen molar-refractivity contribution in [3.8, 4) is 0 Å². The van der Waals surface area contributed by atoms with E-state index in [1.807, 2.05) is 0 Å². The molecule has 2 aliphatic rings. The SMILES string of the molecule is COC1CCCC(OC(=O)C2(N)CCCCCC2)C1. The predicted molar refractivity (Wildman–Crippen MR) is 73.8 cm³/mol. The fraction of sp³-hybridized carbons (Fsp3) is 0.933. The molecule has 0 aliphatic heterocycles. The topological polar surface area (TPSA) is 61.5 Å². The summed E-state index contributed by atoms with van der Waals surface area (Å²) in [5, 5.41) is 0. The van der Waals surface area contributed by atoms with E-state index >= 15 is 0 Å². The third-order valence-corrected chi connectivity index (χ3v) is 4.59. The Balaban J connectivity index is 1.88. The zero-order valence-electron chi connectivity index (χ0n) is 12.0. The fourth-order valence-electron chi connectivity index (χ4n) is 3.26. The van der Waals surface area contributed by atoms with E-state index in [1.165, 1.54) is 12.8 Å². The molecule has 2 rings (SSSR count). The molecule has 0 saturated heterocycles. The largest absolute Gasteiger partial charge is 0.461 e. The molecule has 0 heterocycles. The van der Waals surface area contributed by atoms with Crippen molar-refractivity contribution in [3.05, 3.63) is 0 Å². The summed E-state index contributed by atoms with van der Waals surface area (Å²) in [5.74, 6) is -0.184. The van der Waals surface area contributed by atoms with Gasteiger partial charge in [-0.2, -0.15) is 0 Å². The summed E-state index contributed by atoms with van der Waals surface area (Å²) in [6.45, 7) is 0. The standard InChI is InChI=1S/C15H27NO3/c1-18-12-7-6-8-13(11-12)19-14(17)15(16)9-4-2-3-5-10-15/h12-13H,2-11,16H2,1H3. The quantitative estimate of drug-likeness (QED) is 0.632. The van der Waals surface area contributed by atoms with Crippen LogP contribution in [0.1, 0.15) is 64.2 Å². The summed E-state index contributed by atoms with van der Waals surface area (Å²) in [5.41, 5.74) is 5.54. The van der Waals surface area contributed by atoms with Crippen molar-refractivity contribution in [2.45, 2.75) is 82.0 Å². The molecule has 2 aliphatic carbocycles. The number of hydrogen-bond acceptors (Lipinski definition) is 4. The second-order valence-electron chi connectivity index (χ2n) is 6.12. The lowest BCUT2D eigenvalue weighted by Crippen LogP contribution is -2.50. The Morgan fingerprint density at radius 1 is 1.05 bits per heavy atom. The lowest BCUT2D eigenvalue weighted by atomic mass is 9.90. The van der Waals surface area contributed by atoms with Gasteiger partial charge in [0.15, 0.2) is 0 Å². The highest BCUT2D eigenvalue weighted by Gasteiger charge is 2.38. The second kappa shape index (κ2) is 6.71. The monoisotopic (exact) mass is 269 g/mol. The molecule has 0 amide bonds. The Bertz CT molecular complexity index is 298. The Kier molecular flexibility index (Phi) is 5.22. The zero-order chi connectivity index (χ0) is 13.7. The molecule has 0 spiro atoms. The minimum Gasteiger partial charge on any atom is -0.461 e. The van der Waals surface area contributed by atoms with Gasteiger partial charge in [-0.3, -0.25) is 4.79 Å². The van der Waals surface area contributed by atoms with Crippen LogP contribution in [0.4, 0.5) is 0 Å². The van der Waals surface area contributed by atoms with E-state index in [-0.39, 0.29) is 18.2 Å². The number of ether oxygens (including phenoxy) is 2. The fourth-order valence-corrected chi connectivity index (χ4v) is 3.26. The van der Waals surface area contributed by atoms with Crippen LogP contribution < -0.4 is 5.73 Å². The first kappa shape index (κ1) is 14.8. The molecule has 4 heteroatoms. The van der Waals surface area contributed by atoms with Crippen LogP contribution in [0.25, 0.3) is 0 Å². The molecular formula is C15H27NO3. The minimum atomic E-state index is -0.740. The summed E-state index contributed by atoms with van der Waals surface area (Å²) in [4.78, 5) is 12.3. The highest BCUT2D eigenvalue weighted by molar-refractivity contribution is 5.80. The Morgan fingerprint density at radius 3 is 2.32 bits per heavy atom. The van der Waals surface area contributed by atoms with Gasteiger partial charge in [-0.15, -0.1) is 0 Å². The molecule has 2 saturated carbocycles. The van der Waals surface area contributed by atoms with E-state index in [2.05, 4.69) is 0 Å². The van der Waals surface area contributed by atoms with Crippen LogP contribution in [0.2, 0.25) is 0 Å². The molecule has 19 heavy (non-hydrogen) atoms. The molecule has 2 fully saturated rings. The van der Waals surface area contributed by atoms with Gasteiger partial charge in [-0.25, -0.2) is 0 Å². The molecule has 2 N–H and O–H groups in total. The molecule has 4 nitrogen and oxygen atoms in total. The molecule has 2 atom stereocenters. The number of carbonyl (C=O) groups is 1. The van der Waals surface area contributed by atoms with E-state index in [0.29, 0.717) is 0 Å². The van der Waals surface area contributed by atoms with Crippen molar-refractivity contribution < 1.29 is 14.3 Å². The Labute approximate surface area is 116 Å². The maximum Gasteiger partial charge on any atom is 0.326 e. The Hall–Kier alpha value is -0.610. The molecule has 0 radical (unpaired) electrons. The van der Waals surface area contributed by atoms with Gasteiger partial charge in [0.1, 0.15) is 11.6 Å². The van der Waals surface area contributed by atoms with Crippen LogP contribution >= 0.6 is 0 Å². The summed E-state index contributed by atoms with van der Waals surface area (Å²) in [6.07, 6.45) is 10.1. The molecule has 0 aromatic carbocycles. The van der Waals surface area contributed by atoms with Crippen LogP contribution in [0.3, 0.4) is 0 Å². The number of rotatable bonds is 3. The third kappa shape index (κ3) is 3.93. The first-order valence-electron chi connectivity index (χ1n) is 7.67. The first-order chi connectivity index (χ1) is 9.14. The summed E-state index contributed by atoms with van der Waals surface area (Å²) >= 11 is 0. The number of nitrogens with two attached hydrogens (primary N) is 1.